The molecule has 2 saturated heterocycles. The lowest BCUT2D eigenvalue weighted by Gasteiger charge is -2.29. The quantitative estimate of drug-likeness (QED) is 0.753. The van der Waals surface area contributed by atoms with Crippen LogP contribution in [0, 0.1) is 0 Å². The second kappa shape index (κ2) is 9.84. The van der Waals surface area contributed by atoms with E-state index in [0.717, 1.165) is 24.8 Å². The molecule has 2 atom stereocenters. The minimum absolute atomic E-state index is 0. The molecule has 3 rings (SSSR count). The highest BCUT2D eigenvalue weighted by molar-refractivity contribution is 7.89. The zero-order valence-corrected chi connectivity index (χ0v) is 17.2. The fourth-order valence-corrected chi connectivity index (χ4v) is 4.88. The molecule has 0 spiro atoms. The van der Waals surface area contributed by atoms with Gasteiger partial charge in [0.25, 0.3) is 0 Å². The predicted molar refractivity (Wildman–Crippen MR) is 105 cm³/mol. The molecule has 1 aromatic carbocycles. The Morgan fingerprint density at radius 2 is 1.89 bits per heavy atom. The van der Waals surface area contributed by atoms with E-state index in [1.54, 1.807) is 28.6 Å². The lowest BCUT2D eigenvalue weighted by molar-refractivity contribution is -0.129. The van der Waals surface area contributed by atoms with Crippen LogP contribution in [-0.2, 0) is 26.1 Å². The fourth-order valence-electron chi connectivity index (χ4n) is 3.36. The van der Waals surface area contributed by atoms with Crippen molar-refractivity contribution in [2.45, 2.75) is 49.8 Å². The van der Waals surface area contributed by atoms with Crippen molar-refractivity contribution in [2.75, 3.05) is 26.2 Å². The van der Waals surface area contributed by atoms with Crippen LogP contribution in [0.1, 0.15) is 31.7 Å². The van der Waals surface area contributed by atoms with Gasteiger partial charge in [0.15, 0.2) is 0 Å². The first-order valence-corrected chi connectivity index (χ1v) is 10.6. The maximum atomic E-state index is 12.6. The van der Waals surface area contributed by atoms with Crippen LogP contribution in [0.25, 0.3) is 0 Å². The first-order valence-electron chi connectivity index (χ1n) is 9.20. The van der Waals surface area contributed by atoms with Crippen LogP contribution in [0.4, 0.5) is 0 Å². The van der Waals surface area contributed by atoms with Crippen molar-refractivity contribution < 1.29 is 17.9 Å². The standard InChI is InChI=1S/C18H27N3O4S.ClH/c1-14-17(19-9-12-25-14)18(22)20-13-15-5-7-16(8-6-15)26(23,24)21-10-3-2-4-11-21;/h5-8,14,17,19H,2-4,9-13H2,1H3,(H,20,22);1H/t14-,17+;/m1./s1. The molecule has 27 heavy (non-hydrogen) atoms. The molecule has 2 aliphatic heterocycles. The molecule has 2 aliphatic rings. The van der Waals surface area contributed by atoms with Gasteiger partial charge in [0, 0.05) is 26.2 Å². The number of piperidine rings is 1. The first kappa shape index (κ1) is 22.1. The van der Waals surface area contributed by atoms with Gasteiger partial charge >= 0.3 is 0 Å². The number of nitrogens with one attached hydrogen (secondary N) is 2. The molecule has 7 nitrogen and oxygen atoms in total. The lowest BCUT2D eigenvalue weighted by atomic mass is 10.1. The second-order valence-corrected chi connectivity index (χ2v) is 8.77. The van der Waals surface area contributed by atoms with Gasteiger partial charge in [-0.1, -0.05) is 18.6 Å². The third kappa shape index (κ3) is 5.42. The molecule has 0 aliphatic carbocycles. The number of carbonyl (C=O) groups is 1. The summed E-state index contributed by atoms with van der Waals surface area (Å²) in [4.78, 5) is 12.6. The van der Waals surface area contributed by atoms with Crippen molar-refractivity contribution in [3.8, 4) is 0 Å². The molecule has 2 fully saturated rings. The fraction of sp³-hybridized carbons (Fsp3) is 0.611. The van der Waals surface area contributed by atoms with Gasteiger partial charge in [0.2, 0.25) is 15.9 Å². The van der Waals surface area contributed by atoms with E-state index < -0.39 is 10.0 Å². The summed E-state index contributed by atoms with van der Waals surface area (Å²) in [6.45, 7) is 4.68. The summed E-state index contributed by atoms with van der Waals surface area (Å²) < 4.78 is 32.3. The number of hydrogen-bond acceptors (Lipinski definition) is 5. The Labute approximate surface area is 167 Å². The number of amides is 1. The predicted octanol–water partition coefficient (Wildman–Crippen LogP) is 1.28. The summed E-state index contributed by atoms with van der Waals surface area (Å²) >= 11 is 0. The summed E-state index contributed by atoms with van der Waals surface area (Å²) in [6, 6.07) is 6.39. The molecular formula is C18H28ClN3O4S. The van der Waals surface area contributed by atoms with Crippen LogP contribution in [0.15, 0.2) is 29.2 Å². The molecular weight excluding hydrogens is 390 g/mol. The maximum absolute atomic E-state index is 12.6. The van der Waals surface area contributed by atoms with E-state index in [2.05, 4.69) is 10.6 Å². The Hall–Kier alpha value is -1.19. The highest BCUT2D eigenvalue weighted by Gasteiger charge is 2.28. The zero-order chi connectivity index (χ0) is 18.6. The molecule has 0 unspecified atom stereocenters. The van der Waals surface area contributed by atoms with Gasteiger partial charge in [-0.2, -0.15) is 4.31 Å². The van der Waals surface area contributed by atoms with E-state index in [1.807, 2.05) is 6.92 Å². The minimum Gasteiger partial charge on any atom is -0.375 e. The third-order valence-corrected chi connectivity index (χ3v) is 6.85. The molecule has 0 saturated carbocycles. The molecule has 2 N–H and O–H groups in total. The Morgan fingerprint density at radius 1 is 1.22 bits per heavy atom. The SMILES string of the molecule is C[C@H]1OCCN[C@@H]1C(=O)NCc1ccc(S(=O)(=O)N2CCCCC2)cc1.Cl. The van der Waals surface area contributed by atoms with Crippen molar-refractivity contribution >= 4 is 28.3 Å². The Balaban J connectivity index is 0.00000261. The van der Waals surface area contributed by atoms with Gasteiger partial charge in [-0.25, -0.2) is 8.42 Å². The summed E-state index contributed by atoms with van der Waals surface area (Å²) in [5, 5.41) is 6.03. The van der Waals surface area contributed by atoms with Gasteiger partial charge in [-0.05, 0) is 37.5 Å². The zero-order valence-electron chi connectivity index (χ0n) is 15.5. The molecule has 9 heteroatoms. The third-order valence-electron chi connectivity index (χ3n) is 4.94. The monoisotopic (exact) mass is 417 g/mol. The number of rotatable bonds is 5. The van der Waals surface area contributed by atoms with Gasteiger partial charge < -0.3 is 15.4 Å². The van der Waals surface area contributed by atoms with Gasteiger partial charge in [-0.15, -0.1) is 12.4 Å². The smallest absolute Gasteiger partial charge is 0.243 e. The highest BCUT2D eigenvalue weighted by atomic mass is 35.5. The van der Waals surface area contributed by atoms with Crippen LogP contribution in [0.3, 0.4) is 0 Å². The van der Waals surface area contributed by atoms with Crippen LogP contribution >= 0.6 is 12.4 Å². The average molecular weight is 418 g/mol. The molecule has 1 aromatic rings. The van der Waals surface area contributed by atoms with Gasteiger partial charge in [0.05, 0.1) is 17.6 Å². The van der Waals surface area contributed by atoms with Crippen molar-refractivity contribution in [3.05, 3.63) is 29.8 Å². The number of carbonyl (C=O) groups excluding carboxylic acids is 1. The van der Waals surface area contributed by atoms with E-state index in [0.29, 0.717) is 37.7 Å². The topological polar surface area (TPSA) is 87.7 Å². The van der Waals surface area contributed by atoms with Crippen LogP contribution < -0.4 is 10.6 Å². The van der Waals surface area contributed by atoms with Crippen LogP contribution in [0.2, 0.25) is 0 Å². The molecule has 1 amide bonds. The summed E-state index contributed by atoms with van der Waals surface area (Å²) in [5.74, 6) is -0.109. The highest BCUT2D eigenvalue weighted by Crippen LogP contribution is 2.20. The Kier molecular flexibility index (Phi) is 8.05. The molecule has 2 heterocycles. The number of ether oxygens (including phenoxy) is 1. The number of nitrogens with zero attached hydrogens (tertiary/aromatic N) is 1. The number of halogens is 1. The van der Waals surface area contributed by atoms with E-state index in [4.69, 9.17) is 4.74 Å². The van der Waals surface area contributed by atoms with Crippen molar-refractivity contribution in [1.29, 1.82) is 0 Å². The van der Waals surface area contributed by atoms with Crippen LogP contribution in [0.5, 0.6) is 0 Å². The summed E-state index contributed by atoms with van der Waals surface area (Å²) in [5.41, 5.74) is 0.861. The number of morpholine rings is 1. The van der Waals surface area contributed by atoms with E-state index in [-0.39, 0.29) is 30.5 Å². The summed E-state index contributed by atoms with van der Waals surface area (Å²) in [6.07, 6.45) is 2.76. The molecule has 0 bridgehead atoms. The normalized spacial score (nSPS) is 24.0. The van der Waals surface area contributed by atoms with Crippen molar-refractivity contribution in [1.82, 2.24) is 14.9 Å². The number of hydrogen-bond donors (Lipinski definition) is 2. The summed E-state index contributed by atoms with van der Waals surface area (Å²) in [7, 11) is -3.42. The Bertz CT molecular complexity index is 721. The molecule has 0 radical (unpaired) electrons. The molecule has 0 aromatic heterocycles. The van der Waals surface area contributed by atoms with Gasteiger partial charge in [0.1, 0.15) is 6.04 Å². The number of sulfonamides is 1. The van der Waals surface area contributed by atoms with E-state index in [9.17, 15) is 13.2 Å². The first-order chi connectivity index (χ1) is 12.5. The maximum Gasteiger partial charge on any atom is 0.243 e. The molecule has 152 valence electrons. The Morgan fingerprint density at radius 3 is 2.52 bits per heavy atom. The van der Waals surface area contributed by atoms with Crippen molar-refractivity contribution in [2.24, 2.45) is 0 Å². The lowest BCUT2D eigenvalue weighted by Crippen LogP contribution is -2.55. The van der Waals surface area contributed by atoms with Gasteiger partial charge in [-0.3, -0.25) is 4.79 Å². The van der Waals surface area contributed by atoms with Crippen LogP contribution in [-0.4, -0.2) is 57.0 Å². The average Bonchev–Trinajstić information content (AvgIpc) is 2.67. The largest absolute Gasteiger partial charge is 0.375 e. The second-order valence-electron chi connectivity index (χ2n) is 6.83. The van der Waals surface area contributed by atoms with Crippen molar-refractivity contribution in [3.63, 3.8) is 0 Å². The van der Waals surface area contributed by atoms with E-state index in [1.165, 1.54) is 0 Å². The van der Waals surface area contributed by atoms with E-state index >= 15 is 0 Å². The number of benzene rings is 1. The minimum atomic E-state index is -3.42.